The second kappa shape index (κ2) is 8.56. The summed E-state index contributed by atoms with van der Waals surface area (Å²) in [4.78, 5) is 26.9. The minimum Gasteiger partial charge on any atom is -0.356 e. The van der Waals surface area contributed by atoms with Gasteiger partial charge in [-0.05, 0) is 36.8 Å². The normalized spacial score (nSPS) is 23.4. The van der Waals surface area contributed by atoms with Gasteiger partial charge in [0.05, 0.1) is 6.04 Å². The molecule has 148 valence electrons. The highest BCUT2D eigenvalue weighted by Gasteiger charge is 2.39. The molecule has 0 bridgehead atoms. The van der Waals surface area contributed by atoms with Crippen LogP contribution in [0.5, 0.6) is 0 Å². The number of ether oxygens (including phenoxy) is 1. The van der Waals surface area contributed by atoms with Crippen LogP contribution in [-0.4, -0.2) is 52.3 Å². The van der Waals surface area contributed by atoms with Crippen LogP contribution in [0.3, 0.4) is 0 Å². The third-order valence-corrected chi connectivity index (χ3v) is 5.67. The number of carbonyl (C=O) groups excluding carboxylic acids is 2. The van der Waals surface area contributed by atoms with Crippen molar-refractivity contribution in [2.75, 3.05) is 19.7 Å². The lowest BCUT2D eigenvalue weighted by Gasteiger charge is -2.38. The van der Waals surface area contributed by atoms with Gasteiger partial charge in [0.2, 0.25) is 5.91 Å². The summed E-state index contributed by atoms with van der Waals surface area (Å²) < 4.78 is 7.64. The van der Waals surface area contributed by atoms with Gasteiger partial charge in [-0.15, -0.1) is 0 Å². The van der Waals surface area contributed by atoms with E-state index in [1.165, 1.54) is 0 Å². The molecule has 2 atom stereocenters. The van der Waals surface area contributed by atoms with Crippen LogP contribution in [0.1, 0.15) is 30.9 Å². The van der Waals surface area contributed by atoms with E-state index in [4.69, 9.17) is 4.74 Å². The number of hydrogen-bond acceptors (Lipinski definition) is 4. The summed E-state index contributed by atoms with van der Waals surface area (Å²) >= 11 is 0. The monoisotopic (exact) mass is 382 g/mol. The summed E-state index contributed by atoms with van der Waals surface area (Å²) in [6, 6.07) is 11.1. The van der Waals surface area contributed by atoms with E-state index in [1.807, 2.05) is 52.2 Å². The van der Waals surface area contributed by atoms with Crippen molar-refractivity contribution in [3.05, 3.63) is 54.4 Å². The first-order chi connectivity index (χ1) is 13.7. The molecule has 1 aromatic heterocycles. The zero-order valence-electron chi connectivity index (χ0n) is 15.9. The molecular formula is C21H26N4O3. The molecule has 2 aromatic rings. The molecule has 2 saturated heterocycles. The summed E-state index contributed by atoms with van der Waals surface area (Å²) in [5.41, 5.74) is 0.892. The molecule has 2 amide bonds. The largest absolute Gasteiger partial charge is 0.356 e. The van der Waals surface area contributed by atoms with Crippen molar-refractivity contribution >= 4 is 11.8 Å². The van der Waals surface area contributed by atoms with E-state index >= 15 is 0 Å². The molecule has 1 N–H and O–H groups in total. The Morgan fingerprint density at radius 1 is 1.18 bits per heavy atom. The van der Waals surface area contributed by atoms with E-state index in [1.54, 1.807) is 6.20 Å². The Morgan fingerprint density at radius 2 is 1.96 bits per heavy atom. The van der Waals surface area contributed by atoms with Crippen molar-refractivity contribution in [3.63, 3.8) is 0 Å². The SMILES string of the molecule is O=C1CO[C@H](C(=O)N2CCC(CCn3cccn3)CC2)[C@@H](c2ccccc2)N1. The number of piperidine rings is 1. The van der Waals surface area contributed by atoms with Gasteiger partial charge in [-0.3, -0.25) is 14.3 Å². The molecule has 28 heavy (non-hydrogen) atoms. The fourth-order valence-corrected chi connectivity index (χ4v) is 4.05. The van der Waals surface area contributed by atoms with E-state index in [-0.39, 0.29) is 18.4 Å². The van der Waals surface area contributed by atoms with Crippen LogP contribution in [-0.2, 0) is 20.9 Å². The first kappa shape index (κ1) is 18.7. The first-order valence-corrected chi connectivity index (χ1v) is 9.93. The minimum absolute atomic E-state index is 0.0284. The molecule has 0 radical (unpaired) electrons. The molecule has 3 heterocycles. The second-order valence-electron chi connectivity index (χ2n) is 7.51. The summed E-state index contributed by atoms with van der Waals surface area (Å²) in [7, 11) is 0. The number of rotatable bonds is 5. The third-order valence-electron chi connectivity index (χ3n) is 5.67. The van der Waals surface area contributed by atoms with E-state index in [2.05, 4.69) is 10.4 Å². The number of likely N-dealkylation sites (tertiary alicyclic amines) is 1. The average molecular weight is 382 g/mol. The van der Waals surface area contributed by atoms with Gasteiger partial charge in [0.1, 0.15) is 6.61 Å². The molecule has 2 aliphatic rings. The maximum absolute atomic E-state index is 13.1. The third kappa shape index (κ3) is 4.25. The van der Waals surface area contributed by atoms with Crippen molar-refractivity contribution in [2.24, 2.45) is 5.92 Å². The van der Waals surface area contributed by atoms with Gasteiger partial charge in [-0.2, -0.15) is 5.10 Å². The van der Waals surface area contributed by atoms with Crippen LogP contribution >= 0.6 is 0 Å². The van der Waals surface area contributed by atoms with Crippen LogP contribution in [0.4, 0.5) is 0 Å². The summed E-state index contributed by atoms with van der Waals surface area (Å²) in [6.45, 7) is 2.31. The van der Waals surface area contributed by atoms with E-state index < -0.39 is 12.1 Å². The Balaban J connectivity index is 1.35. The summed E-state index contributed by atoms with van der Waals surface area (Å²) in [5, 5.41) is 7.18. The van der Waals surface area contributed by atoms with Crippen molar-refractivity contribution in [2.45, 2.75) is 38.0 Å². The Morgan fingerprint density at radius 3 is 2.68 bits per heavy atom. The molecule has 4 rings (SSSR count). The van der Waals surface area contributed by atoms with Gasteiger partial charge < -0.3 is 15.0 Å². The summed E-state index contributed by atoms with van der Waals surface area (Å²) in [5.74, 6) is 0.389. The molecule has 0 spiro atoms. The number of amides is 2. The maximum Gasteiger partial charge on any atom is 0.254 e. The highest BCUT2D eigenvalue weighted by atomic mass is 16.5. The Kier molecular flexibility index (Phi) is 5.71. The Bertz CT molecular complexity index is 785. The number of hydrogen-bond donors (Lipinski definition) is 1. The van der Waals surface area contributed by atoms with Gasteiger partial charge >= 0.3 is 0 Å². The fraction of sp³-hybridized carbons (Fsp3) is 0.476. The van der Waals surface area contributed by atoms with Crippen LogP contribution in [0.25, 0.3) is 0 Å². The zero-order chi connectivity index (χ0) is 19.3. The quantitative estimate of drug-likeness (QED) is 0.855. The predicted octanol–water partition coefficient (Wildman–Crippen LogP) is 1.77. The van der Waals surface area contributed by atoms with Crippen molar-refractivity contribution in [1.82, 2.24) is 20.0 Å². The second-order valence-corrected chi connectivity index (χ2v) is 7.51. The first-order valence-electron chi connectivity index (χ1n) is 9.93. The zero-order valence-corrected chi connectivity index (χ0v) is 15.9. The van der Waals surface area contributed by atoms with Crippen LogP contribution in [0.15, 0.2) is 48.8 Å². The molecule has 7 heteroatoms. The smallest absolute Gasteiger partial charge is 0.254 e. The van der Waals surface area contributed by atoms with Crippen molar-refractivity contribution in [3.8, 4) is 0 Å². The van der Waals surface area contributed by atoms with Crippen molar-refractivity contribution in [1.29, 1.82) is 0 Å². The number of aryl methyl sites for hydroxylation is 1. The van der Waals surface area contributed by atoms with Gasteiger partial charge in [0, 0.05) is 32.0 Å². The number of nitrogens with one attached hydrogen (secondary N) is 1. The highest BCUT2D eigenvalue weighted by molar-refractivity contribution is 5.86. The van der Waals surface area contributed by atoms with Crippen molar-refractivity contribution < 1.29 is 14.3 Å². The van der Waals surface area contributed by atoms with Crippen LogP contribution < -0.4 is 5.32 Å². The molecule has 0 saturated carbocycles. The van der Waals surface area contributed by atoms with Crippen LogP contribution in [0.2, 0.25) is 0 Å². The number of carbonyl (C=O) groups is 2. The van der Waals surface area contributed by atoms with Gasteiger partial charge in [-0.1, -0.05) is 30.3 Å². The molecule has 0 unspecified atom stereocenters. The van der Waals surface area contributed by atoms with Gasteiger partial charge in [0.15, 0.2) is 6.10 Å². The number of morpholine rings is 1. The molecule has 0 aliphatic carbocycles. The summed E-state index contributed by atoms with van der Waals surface area (Å²) in [6.07, 6.45) is 6.17. The van der Waals surface area contributed by atoms with Gasteiger partial charge in [0.25, 0.3) is 5.91 Å². The predicted molar refractivity (Wildman–Crippen MR) is 103 cm³/mol. The van der Waals surface area contributed by atoms with E-state index in [0.29, 0.717) is 5.92 Å². The molecule has 2 fully saturated rings. The molecular weight excluding hydrogens is 356 g/mol. The van der Waals surface area contributed by atoms with Gasteiger partial charge in [-0.25, -0.2) is 0 Å². The maximum atomic E-state index is 13.1. The number of nitrogens with zero attached hydrogens (tertiary/aromatic N) is 3. The average Bonchev–Trinajstić information content (AvgIpc) is 3.26. The minimum atomic E-state index is -0.666. The number of aromatic nitrogens is 2. The lowest BCUT2D eigenvalue weighted by Crippen LogP contribution is -2.54. The Hall–Kier alpha value is -2.67. The lowest BCUT2D eigenvalue weighted by molar-refractivity contribution is -0.156. The fourth-order valence-electron chi connectivity index (χ4n) is 4.05. The van der Waals surface area contributed by atoms with E-state index in [0.717, 1.165) is 44.5 Å². The molecule has 2 aliphatic heterocycles. The molecule has 1 aromatic carbocycles. The standard InChI is InChI=1S/C21H26N4O3/c26-18-15-28-20(19(23-18)17-5-2-1-3-6-17)21(27)24-12-7-16(8-13-24)9-14-25-11-4-10-22-25/h1-6,10-11,16,19-20H,7-9,12-15H2,(H,23,26)/t19-,20+/m1/s1. The van der Waals surface area contributed by atoms with Crippen LogP contribution in [0, 0.1) is 5.92 Å². The number of benzene rings is 1. The topological polar surface area (TPSA) is 76.5 Å². The Labute approximate surface area is 164 Å². The molecule has 7 nitrogen and oxygen atoms in total. The lowest BCUT2D eigenvalue weighted by atomic mass is 9.92. The van der Waals surface area contributed by atoms with E-state index in [9.17, 15) is 9.59 Å². The highest BCUT2D eigenvalue weighted by Crippen LogP contribution is 2.27.